The second kappa shape index (κ2) is 7.23. The Kier molecular flexibility index (Phi) is 7.05. The van der Waals surface area contributed by atoms with Crippen LogP contribution in [-0.2, 0) is 18.1 Å². The van der Waals surface area contributed by atoms with E-state index in [2.05, 4.69) is 20.0 Å². The smallest absolute Gasteiger partial charge is 0.333 e. The molecule has 1 atom stereocenters. The van der Waals surface area contributed by atoms with Gasteiger partial charge in [-0.15, -0.1) is 0 Å². The van der Waals surface area contributed by atoms with E-state index in [0.29, 0.717) is 12.2 Å². The molecule has 0 aromatic carbocycles. The largest absolute Gasteiger partial charge is 0.463 e. The van der Waals surface area contributed by atoms with Crippen LogP contribution in [0, 0.1) is 0 Å². The summed E-state index contributed by atoms with van der Waals surface area (Å²) in [5, 5.41) is 0. The third kappa shape index (κ3) is 6.48. The highest BCUT2D eigenvalue weighted by Gasteiger charge is 2.36. The first-order valence-electron chi connectivity index (χ1n) is 6.24. The molecule has 0 spiro atoms. The van der Waals surface area contributed by atoms with Crippen LogP contribution in [0.3, 0.4) is 0 Å². The fourth-order valence-electron chi connectivity index (χ4n) is 1.42. The maximum Gasteiger partial charge on any atom is 0.333 e. The molecule has 0 aliphatic carbocycles. The molecule has 0 heterocycles. The summed E-state index contributed by atoms with van der Waals surface area (Å²) in [6.45, 7) is 14.0. The predicted octanol–water partition coefficient (Wildman–Crippen LogP) is 3.07. The zero-order chi connectivity index (χ0) is 14.4. The fourth-order valence-corrected chi connectivity index (χ4v) is 8.37. The standard InChI is InChI=1S/C12H26O4Si2/c1-8-18(7,16-17(5,6)14-4)10-9-15-12(13)11(2)3/h2,8-10H2,1,3-7H3. The van der Waals surface area contributed by atoms with E-state index >= 15 is 0 Å². The van der Waals surface area contributed by atoms with Gasteiger partial charge in [0.05, 0.1) is 6.61 Å². The Morgan fingerprint density at radius 1 is 1.28 bits per heavy atom. The molecule has 0 saturated carbocycles. The first-order valence-corrected chi connectivity index (χ1v) is 11.9. The minimum absolute atomic E-state index is 0.328. The van der Waals surface area contributed by atoms with Gasteiger partial charge in [-0.3, -0.25) is 0 Å². The van der Waals surface area contributed by atoms with Gasteiger partial charge in [0.15, 0.2) is 8.32 Å². The average Bonchev–Trinajstić information content (AvgIpc) is 2.28. The molecule has 18 heavy (non-hydrogen) atoms. The van der Waals surface area contributed by atoms with Gasteiger partial charge in [0.2, 0.25) is 0 Å². The van der Waals surface area contributed by atoms with Crippen molar-refractivity contribution in [1.29, 1.82) is 0 Å². The summed E-state index contributed by atoms with van der Waals surface area (Å²) in [6, 6.07) is 1.78. The van der Waals surface area contributed by atoms with Gasteiger partial charge in [-0.25, -0.2) is 4.79 Å². The van der Waals surface area contributed by atoms with Crippen LogP contribution in [0.1, 0.15) is 13.8 Å². The van der Waals surface area contributed by atoms with Crippen LogP contribution in [0.25, 0.3) is 0 Å². The highest BCUT2D eigenvalue weighted by molar-refractivity contribution is 6.82. The molecular formula is C12H26O4Si2. The summed E-state index contributed by atoms with van der Waals surface area (Å²) in [7, 11) is -2.19. The second-order valence-corrected chi connectivity index (χ2v) is 13.3. The monoisotopic (exact) mass is 290 g/mol. The van der Waals surface area contributed by atoms with Crippen LogP contribution in [-0.4, -0.2) is 36.6 Å². The summed E-state index contributed by atoms with van der Waals surface area (Å²) in [5.74, 6) is -0.328. The molecular weight excluding hydrogens is 264 g/mol. The zero-order valence-electron chi connectivity index (χ0n) is 12.5. The molecule has 0 aromatic rings. The van der Waals surface area contributed by atoms with Gasteiger partial charge in [-0.2, -0.15) is 0 Å². The third-order valence-electron chi connectivity index (χ3n) is 2.94. The molecule has 0 rings (SSSR count). The van der Waals surface area contributed by atoms with Crippen LogP contribution in [0.4, 0.5) is 0 Å². The lowest BCUT2D eigenvalue weighted by molar-refractivity contribution is -0.138. The number of hydrogen-bond acceptors (Lipinski definition) is 4. The first kappa shape index (κ1) is 17.6. The lowest BCUT2D eigenvalue weighted by Crippen LogP contribution is -2.48. The summed E-state index contributed by atoms with van der Waals surface area (Å²) in [6.07, 6.45) is 0. The summed E-state index contributed by atoms with van der Waals surface area (Å²) < 4.78 is 16.8. The van der Waals surface area contributed by atoms with Gasteiger partial charge >= 0.3 is 14.5 Å². The van der Waals surface area contributed by atoms with Crippen LogP contribution in [0.2, 0.25) is 31.7 Å². The number of esters is 1. The number of carbonyl (C=O) groups is 1. The van der Waals surface area contributed by atoms with Crippen molar-refractivity contribution in [3.63, 3.8) is 0 Å². The van der Waals surface area contributed by atoms with E-state index in [-0.39, 0.29) is 5.97 Å². The Bertz CT molecular complexity index is 304. The molecule has 6 heteroatoms. The Morgan fingerprint density at radius 2 is 1.83 bits per heavy atom. The molecule has 0 aromatic heterocycles. The quantitative estimate of drug-likeness (QED) is 0.391. The van der Waals surface area contributed by atoms with E-state index in [4.69, 9.17) is 13.3 Å². The normalized spacial score (nSPS) is 15.0. The molecule has 1 unspecified atom stereocenters. The van der Waals surface area contributed by atoms with Gasteiger partial charge in [-0.1, -0.05) is 13.5 Å². The summed E-state index contributed by atoms with van der Waals surface area (Å²) in [5.41, 5.74) is 0.433. The summed E-state index contributed by atoms with van der Waals surface area (Å²) in [4.78, 5) is 11.3. The zero-order valence-corrected chi connectivity index (χ0v) is 14.5. The number of hydrogen-bond donors (Lipinski definition) is 0. The van der Waals surface area contributed by atoms with Crippen molar-refractivity contribution >= 4 is 22.8 Å². The van der Waals surface area contributed by atoms with Gasteiger partial charge in [-0.05, 0) is 38.7 Å². The van der Waals surface area contributed by atoms with Crippen molar-refractivity contribution in [2.24, 2.45) is 0 Å². The van der Waals surface area contributed by atoms with Gasteiger partial charge in [0.25, 0.3) is 0 Å². The molecule has 0 aliphatic rings. The molecule has 0 saturated heterocycles. The lowest BCUT2D eigenvalue weighted by Gasteiger charge is -2.34. The molecule has 0 fully saturated rings. The van der Waals surface area contributed by atoms with Crippen LogP contribution < -0.4 is 0 Å². The lowest BCUT2D eigenvalue weighted by atomic mass is 10.4. The average molecular weight is 291 g/mol. The topological polar surface area (TPSA) is 44.8 Å². The van der Waals surface area contributed by atoms with Crippen molar-refractivity contribution in [3.05, 3.63) is 12.2 Å². The van der Waals surface area contributed by atoms with Crippen molar-refractivity contribution in [2.75, 3.05) is 13.7 Å². The third-order valence-corrected chi connectivity index (χ3v) is 10.6. The van der Waals surface area contributed by atoms with Gasteiger partial charge < -0.3 is 13.3 Å². The minimum Gasteiger partial charge on any atom is -0.463 e. The molecule has 0 N–H and O–H groups in total. The van der Waals surface area contributed by atoms with E-state index < -0.39 is 16.9 Å². The fraction of sp³-hybridized carbons (Fsp3) is 0.750. The molecule has 0 amide bonds. The van der Waals surface area contributed by atoms with Gasteiger partial charge in [0.1, 0.15) is 0 Å². The predicted molar refractivity (Wildman–Crippen MR) is 78.3 cm³/mol. The molecule has 4 nitrogen and oxygen atoms in total. The van der Waals surface area contributed by atoms with Crippen LogP contribution in [0.15, 0.2) is 12.2 Å². The van der Waals surface area contributed by atoms with E-state index in [1.165, 1.54) is 0 Å². The Balaban J connectivity index is 4.32. The Hall–Kier alpha value is -0.436. The second-order valence-electron chi connectivity index (χ2n) is 5.18. The number of ether oxygens (including phenoxy) is 1. The Morgan fingerprint density at radius 3 is 2.22 bits per heavy atom. The van der Waals surface area contributed by atoms with Gasteiger partial charge in [0, 0.05) is 12.7 Å². The highest BCUT2D eigenvalue weighted by atomic mass is 28.4. The SMILES string of the molecule is C=C(C)C(=O)OCC[Si](C)(CC)O[Si](C)(C)OC. The Labute approximate surface area is 113 Å². The number of carbonyl (C=O) groups excluding carboxylic acids is 1. The number of rotatable bonds is 8. The highest BCUT2D eigenvalue weighted by Crippen LogP contribution is 2.22. The van der Waals surface area contributed by atoms with E-state index in [9.17, 15) is 4.79 Å². The molecule has 106 valence electrons. The van der Waals surface area contributed by atoms with Crippen molar-refractivity contribution in [1.82, 2.24) is 0 Å². The van der Waals surface area contributed by atoms with Crippen molar-refractivity contribution in [2.45, 2.75) is 45.6 Å². The van der Waals surface area contributed by atoms with E-state index in [0.717, 1.165) is 12.1 Å². The minimum atomic E-state index is -2.03. The molecule has 0 radical (unpaired) electrons. The molecule has 0 bridgehead atoms. The van der Waals surface area contributed by atoms with E-state index in [1.807, 2.05) is 13.1 Å². The van der Waals surface area contributed by atoms with E-state index in [1.54, 1.807) is 14.0 Å². The van der Waals surface area contributed by atoms with Crippen LogP contribution in [0.5, 0.6) is 0 Å². The molecule has 0 aliphatic heterocycles. The summed E-state index contributed by atoms with van der Waals surface area (Å²) >= 11 is 0. The van der Waals surface area contributed by atoms with Crippen molar-refractivity contribution < 1.29 is 18.1 Å². The van der Waals surface area contributed by atoms with Crippen LogP contribution >= 0.6 is 0 Å². The maximum atomic E-state index is 11.3. The maximum absolute atomic E-state index is 11.3. The first-order chi connectivity index (χ1) is 8.16. The van der Waals surface area contributed by atoms with Crippen molar-refractivity contribution in [3.8, 4) is 0 Å².